The highest BCUT2D eigenvalue weighted by molar-refractivity contribution is 5.97. The molecule has 5 heteroatoms. The van der Waals surface area contributed by atoms with Crippen LogP contribution in [0.2, 0.25) is 0 Å². The minimum absolute atomic E-state index is 0.271. The molecule has 1 amide bonds. The van der Waals surface area contributed by atoms with Crippen LogP contribution in [0.1, 0.15) is 18.4 Å². The third-order valence-electron chi connectivity index (χ3n) is 3.20. The highest BCUT2D eigenvalue weighted by Gasteiger charge is 2.41. The number of nitrogens with zero attached hydrogens (tertiary/aromatic N) is 1. The smallest absolute Gasteiger partial charge is 0.312 e. The topological polar surface area (TPSA) is 20.3 Å². The molecular formula is C13H14F3NO. The van der Waals surface area contributed by atoms with Gasteiger partial charge < -0.3 is 4.90 Å². The van der Waals surface area contributed by atoms with Crippen molar-refractivity contribution in [2.24, 2.45) is 5.92 Å². The first kappa shape index (κ1) is 12.9. The van der Waals surface area contributed by atoms with Gasteiger partial charge >= 0.3 is 6.18 Å². The van der Waals surface area contributed by atoms with Crippen molar-refractivity contribution in [3.8, 4) is 0 Å². The molecule has 1 saturated heterocycles. The number of benzene rings is 1. The molecule has 1 aromatic carbocycles. The van der Waals surface area contributed by atoms with Gasteiger partial charge in [-0.1, -0.05) is 18.2 Å². The van der Waals surface area contributed by atoms with Crippen molar-refractivity contribution in [1.82, 2.24) is 0 Å². The molecule has 0 bridgehead atoms. The molecule has 1 atom stereocenters. The third-order valence-corrected chi connectivity index (χ3v) is 3.20. The van der Waals surface area contributed by atoms with E-state index in [1.807, 2.05) is 19.1 Å². The number of rotatable bonds is 2. The maximum atomic E-state index is 12.3. The van der Waals surface area contributed by atoms with Crippen LogP contribution in [0.25, 0.3) is 0 Å². The van der Waals surface area contributed by atoms with Gasteiger partial charge in [0.1, 0.15) is 0 Å². The SMILES string of the molecule is Cc1ccccc1N1CCC(CC(F)(F)F)C1=O. The van der Waals surface area contributed by atoms with Crippen LogP contribution in [0.4, 0.5) is 18.9 Å². The zero-order valence-corrected chi connectivity index (χ0v) is 10.00. The van der Waals surface area contributed by atoms with E-state index in [1.165, 1.54) is 4.90 Å². The number of alkyl halides is 3. The number of para-hydroxylation sites is 1. The van der Waals surface area contributed by atoms with E-state index in [0.717, 1.165) is 5.56 Å². The van der Waals surface area contributed by atoms with Crippen LogP contribution >= 0.6 is 0 Å². The monoisotopic (exact) mass is 257 g/mol. The predicted octanol–water partition coefficient (Wildman–Crippen LogP) is 3.30. The van der Waals surface area contributed by atoms with Crippen molar-refractivity contribution in [1.29, 1.82) is 0 Å². The Morgan fingerprint density at radius 1 is 1.33 bits per heavy atom. The molecule has 2 rings (SSSR count). The van der Waals surface area contributed by atoms with E-state index < -0.39 is 24.4 Å². The zero-order valence-electron chi connectivity index (χ0n) is 10.00. The van der Waals surface area contributed by atoms with Gasteiger partial charge in [-0.15, -0.1) is 0 Å². The Kier molecular flexibility index (Phi) is 3.32. The van der Waals surface area contributed by atoms with Crippen LogP contribution in [0, 0.1) is 12.8 Å². The highest BCUT2D eigenvalue weighted by Crippen LogP contribution is 2.34. The van der Waals surface area contributed by atoms with Gasteiger partial charge in [0.15, 0.2) is 0 Å². The van der Waals surface area contributed by atoms with Crippen molar-refractivity contribution in [3.05, 3.63) is 29.8 Å². The van der Waals surface area contributed by atoms with Crippen molar-refractivity contribution in [2.45, 2.75) is 25.9 Å². The molecule has 1 aliphatic rings. The van der Waals surface area contributed by atoms with Crippen molar-refractivity contribution in [2.75, 3.05) is 11.4 Å². The molecule has 0 saturated carbocycles. The minimum atomic E-state index is -4.28. The molecule has 0 radical (unpaired) electrons. The Bertz CT molecular complexity index is 456. The summed E-state index contributed by atoms with van der Waals surface area (Å²) in [7, 11) is 0. The summed E-state index contributed by atoms with van der Waals surface area (Å²) in [6, 6.07) is 7.24. The van der Waals surface area contributed by atoms with Crippen molar-refractivity contribution < 1.29 is 18.0 Å². The molecule has 1 fully saturated rings. The summed E-state index contributed by atoms with van der Waals surface area (Å²) in [5.74, 6) is -1.34. The molecule has 1 aromatic rings. The molecule has 1 heterocycles. The van der Waals surface area contributed by atoms with Gasteiger partial charge in [-0.3, -0.25) is 4.79 Å². The van der Waals surface area contributed by atoms with E-state index in [0.29, 0.717) is 12.2 Å². The molecule has 1 aliphatic heterocycles. The predicted molar refractivity (Wildman–Crippen MR) is 62.3 cm³/mol. The number of hydrogen-bond donors (Lipinski definition) is 0. The fraction of sp³-hybridized carbons (Fsp3) is 0.462. The summed E-state index contributed by atoms with van der Waals surface area (Å²) < 4.78 is 37.0. The number of amides is 1. The summed E-state index contributed by atoms with van der Waals surface area (Å²) in [5, 5.41) is 0. The average molecular weight is 257 g/mol. The molecular weight excluding hydrogens is 243 g/mol. The number of anilines is 1. The Hall–Kier alpha value is -1.52. The molecule has 2 nitrogen and oxygen atoms in total. The largest absolute Gasteiger partial charge is 0.389 e. The van der Waals surface area contributed by atoms with E-state index in [-0.39, 0.29) is 6.42 Å². The van der Waals surface area contributed by atoms with Gasteiger partial charge in [-0.2, -0.15) is 13.2 Å². The molecule has 1 unspecified atom stereocenters. The molecule has 0 aliphatic carbocycles. The summed E-state index contributed by atoms with van der Waals surface area (Å²) in [6.45, 7) is 2.21. The molecule has 0 aromatic heterocycles. The second-order valence-corrected chi connectivity index (χ2v) is 4.58. The van der Waals surface area contributed by atoms with E-state index in [1.54, 1.807) is 12.1 Å². The van der Waals surface area contributed by atoms with E-state index in [2.05, 4.69) is 0 Å². The zero-order chi connectivity index (χ0) is 13.3. The van der Waals surface area contributed by atoms with Crippen LogP contribution in [0.3, 0.4) is 0 Å². The summed E-state index contributed by atoms with van der Waals surface area (Å²) in [6.07, 6.45) is -5.02. The van der Waals surface area contributed by atoms with Gasteiger partial charge in [-0.25, -0.2) is 0 Å². The summed E-state index contributed by atoms with van der Waals surface area (Å²) in [5.41, 5.74) is 1.62. The van der Waals surface area contributed by atoms with Crippen LogP contribution < -0.4 is 4.90 Å². The Morgan fingerprint density at radius 3 is 2.61 bits per heavy atom. The van der Waals surface area contributed by atoms with Crippen molar-refractivity contribution >= 4 is 11.6 Å². The van der Waals surface area contributed by atoms with Gasteiger partial charge in [0.05, 0.1) is 6.42 Å². The second kappa shape index (κ2) is 4.63. The van der Waals surface area contributed by atoms with Crippen LogP contribution in [0.5, 0.6) is 0 Å². The Balaban J connectivity index is 2.15. The van der Waals surface area contributed by atoms with Crippen molar-refractivity contribution in [3.63, 3.8) is 0 Å². The van der Waals surface area contributed by atoms with Crippen LogP contribution in [-0.2, 0) is 4.79 Å². The second-order valence-electron chi connectivity index (χ2n) is 4.58. The molecule has 18 heavy (non-hydrogen) atoms. The van der Waals surface area contributed by atoms with E-state index in [4.69, 9.17) is 0 Å². The fourth-order valence-electron chi connectivity index (χ4n) is 2.31. The highest BCUT2D eigenvalue weighted by atomic mass is 19.4. The van der Waals surface area contributed by atoms with Gasteiger partial charge in [0.2, 0.25) is 5.91 Å². The lowest BCUT2D eigenvalue weighted by Gasteiger charge is -2.19. The summed E-state index contributed by atoms with van der Waals surface area (Å²) >= 11 is 0. The van der Waals surface area contributed by atoms with Crippen LogP contribution in [0.15, 0.2) is 24.3 Å². The number of carbonyl (C=O) groups excluding carboxylic acids is 1. The standard InChI is InChI=1S/C13H14F3NO/c1-9-4-2-3-5-11(9)17-7-6-10(12(17)18)8-13(14,15)16/h2-5,10H,6-8H2,1H3. The number of hydrogen-bond acceptors (Lipinski definition) is 1. The third kappa shape index (κ3) is 2.66. The number of aryl methyl sites for hydroxylation is 1. The van der Waals surface area contributed by atoms with Gasteiger partial charge in [0.25, 0.3) is 0 Å². The fourth-order valence-corrected chi connectivity index (χ4v) is 2.31. The normalized spacial score (nSPS) is 20.6. The Labute approximate surface area is 103 Å². The quantitative estimate of drug-likeness (QED) is 0.796. The lowest BCUT2D eigenvalue weighted by atomic mass is 10.0. The lowest BCUT2D eigenvalue weighted by molar-refractivity contribution is -0.151. The average Bonchev–Trinajstić information content (AvgIpc) is 2.59. The molecule has 0 spiro atoms. The first-order chi connectivity index (χ1) is 8.38. The first-order valence-corrected chi connectivity index (χ1v) is 5.82. The molecule has 98 valence electrons. The lowest BCUT2D eigenvalue weighted by Crippen LogP contribution is -2.29. The minimum Gasteiger partial charge on any atom is -0.312 e. The maximum Gasteiger partial charge on any atom is 0.389 e. The maximum absolute atomic E-state index is 12.3. The number of carbonyl (C=O) groups is 1. The number of halogens is 3. The van der Waals surface area contributed by atoms with Gasteiger partial charge in [-0.05, 0) is 25.0 Å². The Morgan fingerprint density at radius 2 is 2.00 bits per heavy atom. The van der Waals surface area contributed by atoms with Crippen LogP contribution in [-0.4, -0.2) is 18.6 Å². The van der Waals surface area contributed by atoms with Gasteiger partial charge in [0, 0.05) is 18.2 Å². The molecule has 0 N–H and O–H groups in total. The van der Waals surface area contributed by atoms with E-state index >= 15 is 0 Å². The first-order valence-electron chi connectivity index (χ1n) is 5.82. The van der Waals surface area contributed by atoms with E-state index in [9.17, 15) is 18.0 Å². The summed E-state index contributed by atoms with van der Waals surface area (Å²) in [4.78, 5) is 13.4.